The van der Waals surface area contributed by atoms with E-state index in [0.717, 1.165) is 36.3 Å². The minimum atomic E-state index is 0.563. The predicted molar refractivity (Wildman–Crippen MR) is 102 cm³/mol. The zero-order valence-electron chi connectivity index (χ0n) is 14.3. The monoisotopic (exact) mass is 376 g/mol. The van der Waals surface area contributed by atoms with Crippen LogP contribution in [0, 0.1) is 11.8 Å². The Balaban J connectivity index is 1.68. The van der Waals surface area contributed by atoms with Gasteiger partial charge in [0.25, 0.3) is 0 Å². The highest BCUT2D eigenvalue weighted by Gasteiger charge is 2.45. The normalized spacial score (nSPS) is 17.1. The number of halogens is 2. The van der Waals surface area contributed by atoms with Gasteiger partial charge in [-0.3, -0.25) is 0 Å². The molecule has 2 aliphatic rings. The summed E-state index contributed by atoms with van der Waals surface area (Å²) in [7, 11) is 0. The van der Waals surface area contributed by atoms with Crippen LogP contribution in [0.3, 0.4) is 0 Å². The molecule has 132 valence electrons. The van der Waals surface area contributed by atoms with E-state index in [2.05, 4.69) is 21.8 Å². The van der Waals surface area contributed by atoms with E-state index in [9.17, 15) is 0 Å². The van der Waals surface area contributed by atoms with E-state index in [0.29, 0.717) is 21.9 Å². The Hall–Kier alpha value is -1.39. The van der Waals surface area contributed by atoms with Crippen LogP contribution in [-0.4, -0.2) is 27.5 Å². The highest BCUT2D eigenvalue weighted by Crippen LogP contribution is 2.48. The molecule has 0 amide bonds. The summed E-state index contributed by atoms with van der Waals surface area (Å²) in [6, 6.07) is 5.99. The third-order valence-electron chi connectivity index (χ3n) is 5.02. The van der Waals surface area contributed by atoms with Crippen molar-refractivity contribution in [3.05, 3.63) is 34.6 Å². The Morgan fingerprint density at radius 1 is 1.12 bits per heavy atom. The molecule has 0 N–H and O–H groups in total. The molecule has 2 saturated carbocycles. The van der Waals surface area contributed by atoms with E-state index >= 15 is 0 Å². The average Bonchev–Trinajstić information content (AvgIpc) is 3.49. The fourth-order valence-corrected chi connectivity index (χ4v) is 4.11. The standard InChI is InChI=1S/C19H22Cl2N4/c1-2-9-25(17(12-3-4-12)13-5-6-13)19-23-11-22-18(24-19)15-8-7-14(20)10-16(15)21/h7-8,10-13,17H,2-6,9H2,1H3. The van der Waals surface area contributed by atoms with Crippen LogP contribution in [0.1, 0.15) is 39.0 Å². The first-order valence-electron chi connectivity index (χ1n) is 9.08. The van der Waals surface area contributed by atoms with Crippen molar-refractivity contribution < 1.29 is 0 Å². The van der Waals surface area contributed by atoms with Crippen LogP contribution in [0.5, 0.6) is 0 Å². The van der Waals surface area contributed by atoms with Crippen LogP contribution < -0.4 is 4.90 Å². The van der Waals surface area contributed by atoms with Gasteiger partial charge in [0.2, 0.25) is 5.95 Å². The summed E-state index contributed by atoms with van der Waals surface area (Å²) in [6.45, 7) is 3.19. The van der Waals surface area contributed by atoms with Crippen molar-refractivity contribution in [2.24, 2.45) is 11.8 Å². The van der Waals surface area contributed by atoms with Crippen LogP contribution in [0.4, 0.5) is 5.95 Å². The summed E-state index contributed by atoms with van der Waals surface area (Å²) in [6.07, 6.45) is 8.02. The Kier molecular flexibility index (Phi) is 4.83. The first-order valence-corrected chi connectivity index (χ1v) is 9.84. The minimum absolute atomic E-state index is 0.563. The number of benzene rings is 1. The molecular formula is C19H22Cl2N4. The lowest BCUT2D eigenvalue weighted by molar-refractivity contribution is 0.469. The fraction of sp³-hybridized carbons (Fsp3) is 0.526. The molecule has 0 bridgehead atoms. The van der Waals surface area contributed by atoms with Gasteiger partial charge in [-0.05, 0) is 62.1 Å². The molecule has 2 aliphatic carbocycles. The van der Waals surface area contributed by atoms with E-state index in [1.165, 1.54) is 25.7 Å². The summed E-state index contributed by atoms with van der Waals surface area (Å²) >= 11 is 12.3. The fourth-order valence-electron chi connectivity index (χ4n) is 3.62. The molecule has 0 unspecified atom stereocenters. The second kappa shape index (κ2) is 7.08. The Labute approximate surface area is 158 Å². The van der Waals surface area contributed by atoms with Crippen LogP contribution in [0.2, 0.25) is 10.0 Å². The van der Waals surface area contributed by atoms with E-state index in [1.54, 1.807) is 12.4 Å². The van der Waals surface area contributed by atoms with Crippen LogP contribution >= 0.6 is 23.2 Å². The van der Waals surface area contributed by atoms with Gasteiger partial charge in [0, 0.05) is 23.2 Å². The molecule has 4 nitrogen and oxygen atoms in total. The first-order chi connectivity index (χ1) is 12.2. The van der Waals surface area contributed by atoms with Gasteiger partial charge >= 0.3 is 0 Å². The third kappa shape index (κ3) is 3.75. The Morgan fingerprint density at radius 3 is 2.44 bits per heavy atom. The maximum Gasteiger partial charge on any atom is 0.229 e. The van der Waals surface area contributed by atoms with Gasteiger partial charge in [-0.15, -0.1) is 0 Å². The van der Waals surface area contributed by atoms with Gasteiger partial charge in [0.15, 0.2) is 5.82 Å². The molecule has 0 saturated heterocycles. The molecule has 25 heavy (non-hydrogen) atoms. The minimum Gasteiger partial charge on any atom is -0.337 e. The maximum atomic E-state index is 6.34. The molecular weight excluding hydrogens is 355 g/mol. The number of hydrogen-bond acceptors (Lipinski definition) is 4. The van der Waals surface area contributed by atoms with Crippen molar-refractivity contribution in [2.45, 2.75) is 45.1 Å². The number of rotatable bonds is 7. The molecule has 1 aromatic carbocycles. The van der Waals surface area contributed by atoms with Crippen molar-refractivity contribution in [1.82, 2.24) is 15.0 Å². The SMILES string of the molecule is CCCN(c1ncnc(-c2ccc(Cl)cc2Cl)n1)C(C1CC1)C1CC1. The number of aromatic nitrogens is 3. The Bertz CT molecular complexity index is 747. The molecule has 0 spiro atoms. The number of hydrogen-bond donors (Lipinski definition) is 0. The second-order valence-electron chi connectivity index (χ2n) is 7.09. The predicted octanol–water partition coefficient (Wildman–Crippen LogP) is 5.25. The molecule has 2 fully saturated rings. The molecule has 0 atom stereocenters. The zero-order valence-corrected chi connectivity index (χ0v) is 15.8. The van der Waals surface area contributed by atoms with Crippen molar-refractivity contribution in [1.29, 1.82) is 0 Å². The van der Waals surface area contributed by atoms with Gasteiger partial charge in [-0.2, -0.15) is 4.98 Å². The van der Waals surface area contributed by atoms with Crippen molar-refractivity contribution in [2.75, 3.05) is 11.4 Å². The second-order valence-corrected chi connectivity index (χ2v) is 7.94. The largest absolute Gasteiger partial charge is 0.337 e. The number of anilines is 1. The van der Waals surface area contributed by atoms with Crippen molar-refractivity contribution in [3.63, 3.8) is 0 Å². The van der Waals surface area contributed by atoms with Crippen molar-refractivity contribution >= 4 is 29.2 Å². The van der Waals surface area contributed by atoms with Crippen LogP contribution in [0.15, 0.2) is 24.5 Å². The molecule has 4 rings (SSSR count). The summed E-state index contributed by atoms with van der Waals surface area (Å²) < 4.78 is 0. The van der Waals surface area contributed by atoms with Gasteiger partial charge in [0.05, 0.1) is 5.02 Å². The molecule has 1 aromatic heterocycles. The van der Waals surface area contributed by atoms with E-state index in [-0.39, 0.29) is 0 Å². The molecule has 6 heteroatoms. The molecule has 0 radical (unpaired) electrons. The molecule has 1 heterocycles. The highest BCUT2D eigenvalue weighted by molar-refractivity contribution is 6.36. The quantitative estimate of drug-likeness (QED) is 0.661. The highest BCUT2D eigenvalue weighted by atomic mass is 35.5. The lowest BCUT2D eigenvalue weighted by Gasteiger charge is -2.32. The topological polar surface area (TPSA) is 41.9 Å². The Morgan fingerprint density at radius 2 is 1.84 bits per heavy atom. The molecule has 2 aromatic rings. The van der Waals surface area contributed by atoms with Crippen LogP contribution in [0.25, 0.3) is 11.4 Å². The van der Waals surface area contributed by atoms with Gasteiger partial charge in [0.1, 0.15) is 6.33 Å². The smallest absolute Gasteiger partial charge is 0.229 e. The van der Waals surface area contributed by atoms with Gasteiger partial charge in [-0.1, -0.05) is 30.1 Å². The average molecular weight is 377 g/mol. The summed E-state index contributed by atoms with van der Waals surface area (Å²) in [5, 5.41) is 1.17. The van der Waals surface area contributed by atoms with E-state index < -0.39 is 0 Å². The zero-order chi connectivity index (χ0) is 17.4. The number of nitrogens with zero attached hydrogens (tertiary/aromatic N) is 4. The van der Waals surface area contributed by atoms with E-state index in [4.69, 9.17) is 28.2 Å². The molecule has 0 aliphatic heterocycles. The van der Waals surface area contributed by atoms with Crippen molar-refractivity contribution in [3.8, 4) is 11.4 Å². The summed E-state index contributed by atoms with van der Waals surface area (Å²) in [5.74, 6) is 3.00. The van der Waals surface area contributed by atoms with Gasteiger partial charge in [-0.25, -0.2) is 9.97 Å². The summed E-state index contributed by atoms with van der Waals surface area (Å²) in [5.41, 5.74) is 0.792. The van der Waals surface area contributed by atoms with E-state index in [1.807, 2.05) is 12.1 Å². The van der Waals surface area contributed by atoms with Crippen LogP contribution in [-0.2, 0) is 0 Å². The lowest BCUT2D eigenvalue weighted by atomic mass is 10.1. The third-order valence-corrected chi connectivity index (χ3v) is 5.57. The first kappa shape index (κ1) is 17.0. The lowest BCUT2D eigenvalue weighted by Crippen LogP contribution is -2.40. The summed E-state index contributed by atoms with van der Waals surface area (Å²) in [4.78, 5) is 16.0. The van der Waals surface area contributed by atoms with Gasteiger partial charge < -0.3 is 4.90 Å². The maximum absolute atomic E-state index is 6.34.